The molecule has 0 aliphatic carbocycles. The van der Waals surface area contributed by atoms with E-state index < -0.39 is 6.09 Å². The molecule has 0 spiro atoms. The van der Waals surface area contributed by atoms with Crippen LogP contribution in [0.3, 0.4) is 0 Å². The second-order valence-electron chi connectivity index (χ2n) is 2.37. The van der Waals surface area contributed by atoms with Gasteiger partial charge in [-0.2, -0.15) is 0 Å². The van der Waals surface area contributed by atoms with E-state index >= 15 is 0 Å². The molecule has 1 heterocycles. The van der Waals surface area contributed by atoms with Gasteiger partial charge in [0.25, 0.3) is 0 Å². The first-order valence-electron chi connectivity index (χ1n) is 3.54. The molecular formula is C7H8ClN3O2. The van der Waals surface area contributed by atoms with Gasteiger partial charge in [-0.15, -0.1) is 0 Å². The molecule has 70 valence electrons. The number of hydrogen-bond acceptors (Lipinski definition) is 3. The Morgan fingerprint density at radius 2 is 2.46 bits per heavy atom. The lowest BCUT2D eigenvalue weighted by atomic mass is 10.4. The Morgan fingerprint density at radius 1 is 1.77 bits per heavy atom. The third kappa shape index (κ3) is 2.87. The number of nitrogens with one attached hydrogen (secondary N) is 1. The van der Waals surface area contributed by atoms with Crippen LogP contribution in [0.1, 0.15) is 11.5 Å². The normalized spacial score (nSPS) is 9.69. The van der Waals surface area contributed by atoms with E-state index in [1.165, 1.54) is 6.20 Å². The fourth-order valence-electron chi connectivity index (χ4n) is 0.785. The van der Waals surface area contributed by atoms with E-state index in [-0.39, 0.29) is 6.54 Å². The Kier molecular flexibility index (Phi) is 3.02. The second kappa shape index (κ2) is 4.04. The van der Waals surface area contributed by atoms with Gasteiger partial charge < -0.3 is 10.4 Å². The van der Waals surface area contributed by atoms with Gasteiger partial charge in [0.1, 0.15) is 5.82 Å². The van der Waals surface area contributed by atoms with Gasteiger partial charge in [0.15, 0.2) is 0 Å². The van der Waals surface area contributed by atoms with Gasteiger partial charge >= 0.3 is 6.09 Å². The van der Waals surface area contributed by atoms with Crippen molar-refractivity contribution < 1.29 is 9.90 Å². The zero-order chi connectivity index (χ0) is 9.84. The molecule has 0 unspecified atom stereocenters. The predicted octanol–water partition coefficient (Wildman–Crippen LogP) is 1.21. The maximum absolute atomic E-state index is 10.2. The third-order valence-corrected chi connectivity index (χ3v) is 1.66. The molecular weight excluding hydrogens is 194 g/mol. The molecule has 0 aliphatic heterocycles. The van der Waals surface area contributed by atoms with Gasteiger partial charge in [-0.3, -0.25) is 0 Å². The second-order valence-corrected chi connectivity index (χ2v) is 2.78. The van der Waals surface area contributed by atoms with E-state index in [0.29, 0.717) is 16.5 Å². The molecule has 6 heteroatoms. The first-order valence-corrected chi connectivity index (χ1v) is 3.92. The number of carboxylic acid groups (broad SMARTS) is 1. The number of carbonyl (C=O) groups is 1. The van der Waals surface area contributed by atoms with Crippen molar-refractivity contribution in [2.75, 3.05) is 0 Å². The van der Waals surface area contributed by atoms with Crippen LogP contribution in [0, 0.1) is 6.92 Å². The topological polar surface area (TPSA) is 75.1 Å². The largest absolute Gasteiger partial charge is 0.465 e. The molecule has 0 radical (unpaired) electrons. The zero-order valence-electron chi connectivity index (χ0n) is 6.91. The minimum Gasteiger partial charge on any atom is -0.465 e. The molecule has 0 aromatic carbocycles. The Hall–Kier alpha value is -1.36. The molecule has 0 atom stereocenters. The summed E-state index contributed by atoms with van der Waals surface area (Å²) in [5, 5.41) is 10.9. The number of halogens is 1. The summed E-state index contributed by atoms with van der Waals surface area (Å²) < 4.78 is 0. The lowest BCUT2D eigenvalue weighted by Gasteiger charge is -2.03. The van der Waals surface area contributed by atoms with E-state index in [2.05, 4.69) is 15.3 Å². The van der Waals surface area contributed by atoms with Crippen molar-refractivity contribution in [1.82, 2.24) is 15.3 Å². The number of amides is 1. The maximum Gasteiger partial charge on any atom is 0.404 e. The Bertz CT molecular complexity index is 330. The quantitative estimate of drug-likeness (QED) is 0.754. The lowest BCUT2D eigenvalue weighted by Crippen LogP contribution is -2.21. The molecule has 0 aliphatic rings. The number of aryl methyl sites for hydroxylation is 1. The van der Waals surface area contributed by atoms with E-state index in [4.69, 9.17) is 16.7 Å². The van der Waals surface area contributed by atoms with Crippen LogP contribution >= 0.6 is 11.6 Å². The van der Waals surface area contributed by atoms with Crippen molar-refractivity contribution in [1.29, 1.82) is 0 Å². The van der Waals surface area contributed by atoms with Crippen molar-refractivity contribution in [2.45, 2.75) is 13.5 Å². The summed E-state index contributed by atoms with van der Waals surface area (Å²) in [7, 11) is 0. The van der Waals surface area contributed by atoms with E-state index in [1.54, 1.807) is 6.92 Å². The van der Waals surface area contributed by atoms with Crippen molar-refractivity contribution in [2.24, 2.45) is 0 Å². The van der Waals surface area contributed by atoms with Gasteiger partial charge in [-0.05, 0) is 6.92 Å². The molecule has 2 N–H and O–H groups in total. The molecule has 1 amide bonds. The molecule has 13 heavy (non-hydrogen) atoms. The highest BCUT2D eigenvalue weighted by molar-refractivity contribution is 6.31. The fraction of sp³-hybridized carbons (Fsp3) is 0.286. The smallest absolute Gasteiger partial charge is 0.404 e. The number of nitrogens with zero attached hydrogens (tertiary/aromatic N) is 2. The lowest BCUT2D eigenvalue weighted by molar-refractivity contribution is 0.194. The van der Waals surface area contributed by atoms with Crippen LogP contribution in [0.5, 0.6) is 0 Å². The monoisotopic (exact) mass is 201 g/mol. The van der Waals surface area contributed by atoms with Crippen molar-refractivity contribution in [3.8, 4) is 0 Å². The third-order valence-electron chi connectivity index (χ3n) is 1.34. The van der Waals surface area contributed by atoms with Crippen LogP contribution in [0.15, 0.2) is 6.20 Å². The van der Waals surface area contributed by atoms with E-state index in [0.717, 1.165) is 0 Å². The molecule has 0 saturated heterocycles. The summed E-state index contributed by atoms with van der Waals surface area (Å²) in [6.07, 6.45) is 0.343. The zero-order valence-corrected chi connectivity index (χ0v) is 7.67. The van der Waals surface area contributed by atoms with Crippen LogP contribution in [-0.2, 0) is 6.54 Å². The van der Waals surface area contributed by atoms with Crippen LogP contribution in [0.4, 0.5) is 4.79 Å². The summed E-state index contributed by atoms with van der Waals surface area (Å²) in [6, 6.07) is 0. The predicted molar refractivity (Wildman–Crippen MR) is 46.6 cm³/mol. The molecule has 5 nitrogen and oxygen atoms in total. The summed E-state index contributed by atoms with van der Waals surface area (Å²) in [5.74, 6) is 0.562. The number of aromatic nitrogens is 2. The minimum absolute atomic E-state index is 0.0948. The van der Waals surface area contributed by atoms with Crippen LogP contribution in [-0.4, -0.2) is 21.2 Å². The fourth-order valence-corrected chi connectivity index (χ4v) is 0.943. The highest BCUT2D eigenvalue weighted by Crippen LogP contribution is 2.11. The number of rotatable bonds is 2. The molecule has 0 bridgehead atoms. The molecule has 0 saturated carbocycles. The minimum atomic E-state index is -1.10. The Morgan fingerprint density at radius 3 is 3.08 bits per heavy atom. The van der Waals surface area contributed by atoms with Gasteiger partial charge in [0.2, 0.25) is 0 Å². The van der Waals surface area contributed by atoms with Crippen molar-refractivity contribution >= 4 is 17.7 Å². The molecule has 1 aromatic rings. The molecule has 0 fully saturated rings. The summed E-state index contributed by atoms with van der Waals surface area (Å²) in [6.45, 7) is 1.80. The SMILES string of the molecule is Cc1ncc(Cl)c(CNC(=O)O)n1. The standard InChI is InChI=1S/C7H8ClN3O2/c1-4-9-2-5(8)6(11-4)3-10-7(12)13/h2,10H,3H2,1H3,(H,12,13). The van der Waals surface area contributed by atoms with E-state index in [1.807, 2.05) is 0 Å². The van der Waals surface area contributed by atoms with Gasteiger partial charge in [-0.1, -0.05) is 11.6 Å². The van der Waals surface area contributed by atoms with E-state index in [9.17, 15) is 4.79 Å². The highest BCUT2D eigenvalue weighted by Gasteiger charge is 2.04. The molecule has 1 rings (SSSR count). The van der Waals surface area contributed by atoms with Crippen LogP contribution < -0.4 is 5.32 Å². The summed E-state index contributed by atoms with van der Waals surface area (Å²) in [4.78, 5) is 18.0. The summed E-state index contributed by atoms with van der Waals surface area (Å²) in [5.41, 5.74) is 0.483. The van der Waals surface area contributed by atoms with Gasteiger partial charge in [0, 0.05) is 6.20 Å². The van der Waals surface area contributed by atoms with Gasteiger partial charge in [-0.25, -0.2) is 14.8 Å². The Balaban J connectivity index is 2.75. The first kappa shape index (κ1) is 9.73. The van der Waals surface area contributed by atoms with Crippen LogP contribution in [0.25, 0.3) is 0 Å². The van der Waals surface area contributed by atoms with Crippen molar-refractivity contribution in [3.63, 3.8) is 0 Å². The Labute approximate surface area is 79.8 Å². The first-order chi connectivity index (χ1) is 6.09. The van der Waals surface area contributed by atoms with Crippen LogP contribution in [0.2, 0.25) is 5.02 Å². The number of hydrogen-bond donors (Lipinski definition) is 2. The van der Waals surface area contributed by atoms with Crippen molar-refractivity contribution in [3.05, 3.63) is 22.7 Å². The average Bonchev–Trinajstić information content (AvgIpc) is 2.06. The van der Waals surface area contributed by atoms with Gasteiger partial charge in [0.05, 0.1) is 17.3 Å². The average molecular weight is 202 g/mol. The highest BCUT2D eigenvalue weighted by atomic mass is 35.5. The maximum atomic E-state index is 10.2. The summed E-state index contributed by atoms with van der Waals surface area (Å²) >= 11 is 5.72. The molecule has 1 aromatic heterocycles.